The number of carbonyl (C=O) groups is 1. The van der Waals surface area contributed by atoms with Crippen molar-refractivity contribution < 1.29 is 13.6 Å². The fourth-order valence-corrected chi connectivity index (χ4v) is 1.36. The van der Waals surface area contributed by atoms with Gasteiger partial charge < -0.3 is 4.79 Å². The second-order valence-corrected chi connectivity index (χ2v) is 2.79. The minimum absolute atomic E-state index is 0.323. The smallest absolute Gasteiger partial charge is 0.235 e. The van der Waals surface area contributed by atoms with Crippen LogP contribution < -0.4 is 0 Å². The van der Waals surface area contributed by atoms with Gasteiger partial charge in [-0.05, 0) is 6.42 Å². The highest BCUT2D eigenvalue weighted by Gasteiger charge is 2.31. The first kappa shape index (κ1) is 6.85. The van der Waals surface area contributed by atoms with E-state index in [0.29, 0.717) is 19.3 Å². The zero-order chi connectivity index (χ0) is 6.85. The van der Waals surface area contributed by atoms with Crippen LogP contribution in [0.25, 0.3) is 0 Å². The topological polar surface area (TPSA) is 57.6 Å². The van der Waals surface area contributed by atoms with Crippen molar-refractivity contribution in [2.75, 3.05) is 6.54 Å². The van der Waals surface area contributed by atoms with Crippen LogP contribution in [0.4, 0.5) is 0 Å². The Kier molecular flexibility index (Phi) is 1.94. The summed E-state index contributed by atoms with van der Waals surface area (Å²) in [7, 11) is 0. The Morgan fingerprint density at radius 2 is 2.44 bits per heavy atom. The van der Waals surface area contributed by atoms with Crippen molar-refractivity contribution in [3.05, 3.63) is 0 Å². The number of aldehydes is 1. The highest BCUT2D eigenvalue weighted by Crippen LogP contribution is 2.15. The first-order valence-electron chi connectivity index (χ1n) is 2.58. The van der Waals surface area contributed by atoms with Crippen LogP contribution in [0.15, 0.2) is 0 Å². The molecule has 0 spiro atoms. The van der Waals surface area contributed by atoms with Crippen LogP contribution in [-0.4, -0.2) is 31.9 Å². The molecule has 1 N–H and O–H groups in total. The van der Waals surface area contributed by atoms with Crippen molar-refractivity contribution >= 4 is 17.6 Å². The normalized spacial score (nSPS) is 31.0. The molecule has 0 aromatic carbocycles. The molecule has 1 aliphatic heterocycles. The summed E-state index contributed by atoms with van der Waals surface area (Å²) in [4.78, 5) is 10.0. The molecule has 2 atom stereocenters. The van der Waals surface area contributed by atoms with Crippen LogP contribution in [-0.2, 0) is 16.1 Å². The maximum absolute atomic E-state index is 10.2. The van der Waals surface area contributed by atoms with Gasteiger partial charge >= 0.3 is 0 Å². The Morgan fingerprint density at radius 1 is 1.78 bits per heavy atom. The van der Waals surface area contributed by atoms with Gasteiger partial charge in [-0.3, -0.25) is 4.55 Å². The lowest BCUT2D eigenvalue weighted by atomic mass is 10.1. The Morgan fingerprint density at radius 3 is 2.56 bits per heavy atom. The van der Waals surface area contributed by atoms with Gasteiger partial charge in [-0.1, -0.05) is 0 Å². The lowest BCUT2D eigenvalue weighted by Gasteiger charge is -2.32. The van der Waals surface area contributed by atoms with Crippen LogP contribution in [0.2, 0.25) is 0 Å². The number of carbonyl (C=O) groups excluding carboxylic acids is 1. The molecule has 0 amide bonds. The minimum Gasteiger partial charge on any atom is -0.302 e. The van der Waals surface area contributed by atoms with Crippen molar-refractivity contribution in [2.24, 2.45) is 0 Å². The van der Waals surface area contributed by atoms with Crippen LogP contribution in [0.3, 0.4) is 0 Å². The van der Waals surface area contributed by atoms with E-state index in [0.717, 1.165) is 0 Å². The van der Waals surface area contributed by atoms with E-state index in [1.807, 2.05) is 0 Å². The summed E-state index contributed by atoms with van der Waals surface area (Å²) >= 11 is -1.95. The molecule has 52 valence electrons. The van der Waals surface area contributed by atoms with E-state index < -0.39 is 11.3 Å². The average Bonchev–Trinajstić information content (AvgIpc) is 1.61. The van der Waals surface area contributed by atoms with Gasteiger partial charge in [0.05, 0.1) is 6.04 Å². The number of hydrogen-bond acceptors (Lipinski definition) is 2. The number of nitrogens with zero attached hydrogens (tertiary/aromatic N) is 1. The summed E-state index contributed by atoms with van der Waals surface area (Å²) in [6.45, 7) is 0.548. The van der Waals surface area contributed by atoms with Crippen molar-refractivity contribution in [2.45, 2.75) is 12.5 Å². The Bertz CT molecular complexity index is 149. The van der Waals surface area contributed by atoms with E-state index in [1.165, 1.54) is 4.31 Å². The fraction of sp³-hybridized carbons (Fsp3) is 0.750. The minimum atomic E-state index is -1.95. The first-order valence-corrected chi connectivity index (χ1v) is 3.65. The Labute approximate surface area is 55.3 Å². The molecular formula is C4H7NO3S. The fourth-order valence-electron chi connectivity index (χ4n) is 0.713. The second kappa shape index (κ2) is 2.55. The predicted octanol–water partition coefficient (Wildman–Crippen LogP) is -0.604. The summed E-state index contributed by atoms with van der Waals surface area (Å²) < 4.78 is 19.9. The standard InChI is InChI=1S/C4H7NO3S/c6-3-4-1-2-5(4)9(7)8/h3-4H,1-2H2,(H,7,8). The molecule has 1 saturated heterocycles. The monoisotopic (exact) mass is 149 g/mol. The quantitative estimate of drug-likeness (QED) is 0.421. The van der Waals surface area contributed by atoms with Gasteiger partial charge in [-0.15, -0.1) is 0 Å². The molecule has 0 aliphatic carbocycles. The molecule has 5 heteroatoms. The van der Waals surface area contributed by atoms with E-state index in [4.69, 9.17) is 4.55 Å². The van der Waals surface area contributed by atoms with Gasteiger partial charge in [0, 0.05) is 6.54 Å². The molecule has 4 nitrogen and oxygen atoms in total. The summed E-state index contributed by atoms with van der Waals surface area (Å²) in [5.41, 5.74) is 0. The molecule has 0 saturated carbocycles. The van der Waals surface area contributed by atoms with E-state index in [-0.39, 0.29) is 6.04 Å². The highest BCUT2D eigenvalue weighted by molar-refractivity contribution is 7.76. The molecule has 0 aromatic heterocycles. The van der Waals surface area contributed by atoms with E-state index in [1.54, 1.807) is 0 Å². The third kappa shape index (κ3) is 1.17. The Hall–Kier alpha value is -0.260. The summed E-state index contributed by atoms with van der Waals surface area (Å²) in [5, 5.41) is 0. The number of rotatable bonds is 2. The maximum atomic E-state index is 10.2. The van der Waals surface area contributed by atoms with Gasteiger partial charge in [0.25, 0.3) is 0 Å². The first-order chi connectivity index (χ1) is 4.25. The van der Waals surface area contributed by atoms with Gasteiger partial charge in [0.1, 0.15) is 6.29 Å². The lowest BCUT2D eigenvalue weighted by Crippen LogP contribution is -2.49. The van der Waals surface area contributed by atoms with Crippen LogP contribution >= 0.6 is 0 Å². The van der Waals surface area contributed by atoms with Crippen molar-refractivity contribution in [3.63, 3.8) is 0 Å². The van der Waals surface area contributed by atoms with Crippen LogP contribution in [0, 0.1) is 0 Å². The van der Waals surface area contributed by atoms with Gasteiger partial charge in [0.2, 0.25) is 11.3 Å². The summed E-state index contributed by atoms with van der Waals surface area (Å²) in [6, 6.07) is -0.323. The second-order valence-electron chi connectivity index (χ2n) is 1.86. The zero-order valence-electron chi connectivity index (χ0n) is 4.69. The van der Waals surface area contributed by atoms with Crippen molar-refractivity contribution in [3.8, 4) is 0 Å². The molecule has 1 heterocycles. The maximum Gasteiger partial charge on any atom is 0.235 e. The zero-order valence-corrected chi connectivity index (χ0v) is 5.50. The van der Waals surface area contributed by atoms with E-state index in [9.17, 15) is 9.00 Å². The van der Waals surface area contributed by atoms with Gasteiger partial charge in [0.15, 0.2) is 0 Å². The van der Waals surface area contributed by atoms with Crippen LogP contribution in [0.5, 0.6) is 0 Å². The van der Waals surface area contributed by atoms with E-state index in [2.05, 4.69) is 0 Å². The molecule has 9 heavy (non-hydrogen) atoms. The third-order valence-corrected chi connectivity index (χ3v) is 2.23. The predicted molar refractivity (Wildman–Crippen MR) is 31.9 cm³/mol. The largest absolute Gasteiger partial charge is 0.302 e. The lowest BCUT2D eigenvalue weighted by molar-refractivity contribution is -0.113. The van der Waals surface area contributed by atoms with Crippen molar-refractivity contribution in [1.82, 2.24) is 4.31 Å². The SMILES string of the molecule is O=CC1CCN1S(=O)O. The third-order valence-electron chi connectivity index (χ3n) is 1.37. The molecule has 1 fully saturated rings. The van der Waals surface area contributed by atoms with Gasteiger partial charge in [-0.25, -0.2) is 4.21 Å². The highest BCUT2D eigenvalue weighted by atomic mass is 32.2. The van der Waals surface area contributed by atoms with Crippen LogP contribution in [0.1, 0.15) is 6.42 Å². The molecule has 0 bridgehead atoms. The summed E-state index contributed by atoms with van der Waals surface area (Å²) in [6.07, 6.45) is 1.40. The molecule has 0 radical (unpaired) electrons. The number of hydrogen-bond donors (Lipinski definition) is 1. The van der Waals surface area contributed by atoms with E-state index >= 15 is 0 Å². The summed E-state index contributed by atoms with van der Waals surface area (Å²) in [5.74, 6) is 0. The van der Waals surface area contributed by atoms with Crippen molar-refractivity contribution in [1.29, 1.82) is 0 Å². The molecule has 1 rings (SSSR count). The molecule has 2 unspecified atom stereocenters. The molecular weight excluding hydrogens is 142 g/mol. The average molecular weight is 149 g/mol. The molecule has 0 aromatic rings. The van der Waals surface area contributed by atoms with Gasteiger partial charge in [-0.2, -0.15) is 4.31 Å². The Balaban J connectivity index is 2.44. The molecule has 1 aliphatic rings.